The molecule has 0 aliphatic heterocycles. The molecule has 9 heteroatoms. The largest absolute Gasteiger partial charge is 0.545 e. The molecule has 0 fully saturated rings. The second-order valence-corrected chi connectivity index (χ2v) is 20.6. The van der Waals surface area contributed by atoms with Gasteiger partial charge in [0.25, 0.3) is 0 Å². The van der Waals surface area contributed by atoms with Gasteiger partial charge in [-0.15, -0.1) is 0 Å². The Bertz CT molecular complexity index is 1210. The van der Waals surface area contributed by atoms with E-state index in [2.05, 4.69) is 50.3 Å². The van der Waals surface area contributed by atoms with Gasteiger partial charge in [0.2, 0.25) is 0 Å². The van der Waals surface area contributed by atoms with Gasteiger partial charge in [0, 0.05) is 12.8 Å². The molecule has 0 aliphatic rings. The first kappa shape index (κ1) is 65.5. The molecule has 2 atom stereocenters. The molecule has 0 N–H and O–H groups in total. The Balaban J connectivity index is 4.10. The highest BCUT2D eigenvalue weighted by molar-refractivity contribution is 5.70. The Morgan fingerprint density at radius 3 is 1.18 bits per heavy atom. The summed E-state index contributed by atoms with van der Waals surface area (Å²) in [4.78, 5) is 37.1. The number of esters is 2. The zero-order valence-corrected chi connectivity index (χ0v) is 45.2. The van der Waals surface area contributed by atoms with Crippen LogP contribution in [-0.2, 0) is 33.3 Å². The molecule has 0 spiro atoms. The predicted molar refractivity (Wildman–Crippen MR) is 283 cm³/mol. The molecule has 0 aromatic rings. The monoisotopic (exact) mass is 960 g/mol. The van der Waals surface area contributed by atoms with Crippen molar-refractivity contribution >= 4 is 17.9 Å². The van der Waals surface area contributed by atoms with Crippen molar-refractivity contribution in [2.24, 2.45) is 0 Å². The maximum atomic E-state index is 12.8. The van der Waals surface area contributed by atoms with E-state index in [0.29, 0.717) is 23.9 Å². The molecule has 2 unspecified atom stereocenters. The number of hydrogen-bond donors (Lipinski definition) is 0. The molecule has 0 radical (unpaired) electrons. The van der Waals surface area contributed by atoms with Crippen LogP contribution in [0.5, 0.6) is 0 Å². The summed E-state index contributed by atoms with van der Waals surface area (Å²) in [6.45, 7) is 4.76. The van der Waals surface area contributed by atoms with E-state index in [1.165, 1.54) is 186 Å². The SMILES string of the molecule is CCCCCCC/C=C\C/C=C\C/C=C\CCCCCCCCCCCCCCCCCCC(=O)OC(COC(=O)CCCCCCCCCCCCCC)COC(OCC[N+](C)(C)C)C(=O)[O-]. The summed E-state index contributed by atoms with van der Waals surface area (Å²) in [6.07, 6.45) is 57.7. The molecule has 0 bridgehead atoms. The smallest absolute Gasteiger partial charge is 0.306 e. The third-order valence-electron chi connectivity index (χ3n) is 12.6. The average Bonchev–Trinajstić information content (AvgIpc) is 3.30. The molecule has 0 amide bonds. The molecular weight excluding hydrogens is 851 g/mol. The highest BCUT2D eigenvalue weighted by Gasteiger charge is 2.22. The summed E-state index contributed by atoms with van der Waals surface area (Å²) in [5.74, 6) is -2.27. The molecular formula is C59H109NO8. The van der Waals surface area contributed by atoms with Gasteiger partial charge in [-0.3, -0.25) is 9.59 Å². The van der Waals surface area contributed by atoms with Gasteiger partial charge < -0.3 is 33.3 Å². The fourth-order valence-corrected chi connectivity index (χ4v) is 8.19. The number of allylic oxidation sites excluding steroid dienone is 6. The summed E-state index contributed by atoms with van der Waals surface area (Å²) in [5.41, 5.74) is 0. The van der Waals surface area contributed by atoms with Crippen molar-refractivity contribution < 1.29 is 42.9 Å². The number of quaternary nitrogens is 1. The normalized spacial score (nSPS) is 13.0. The van der Waals surface area contributed by atoms with Crippen molar-refractivity contribution in [3.05, 3.63) is 36.5 Å². The van der Waals surface area contributed by atoms with Crippen LogP contribution in [0.15, 0.2) is 36.5 Å². The summed E-state index contributed by atoms with van der Waals surface area (Å²) in [5, 5.41) is 11.7. The Hall–Kier alpha value is -2.49. The lowest BCUT2D eigenvalue weighted by Gasteiger charge is -2.26. The van der Waals surface area contributed by atoms with Crippen LogP contribution in [0, 0.1) is 0 Å². The lowest BCUT2D eigenvalue weighted by molar-refractivity contribution is -0.870. The number of ether oxygens (including phenoxy) is 4. The number of aliphatic carboxylic acids is 1. The van der Waals surface area contributed by atoms with Crippen LogP contribution < -0.4 is 5.11 Å². The van der Waals surface area contributed by atoms with Gasteiger partial charge in [-0.2, -0.15) is 0 Å². The van der Waals surface area contributed by atoms with Crippen molar-refractivity contribution in [3.8, 4) is 0 Å². The van der Waals surface area contributed by atoms with Crippen LogP contribution in [0.4, 0.5) is 0 Å². The number of likely N-dealkylation sites (N-methyl/N-ethyl adjacent to an activating group) is 1. The number of nitrogens with zero attached hydrogens (tertiary/aromatic N) is 1. The molecule has 9 nitrogen and oxygen atoms in total. The van der Waals surface area contributed by atoms with Crippen molar-refractivity contribution in [2.75, 3.05) is 47.5 Å². The van der Waals surface area contributed by atoms with Gasteiger partial charge in [0.15, 0.2) is 12.4 Å². The van der Waals surface area contributed by atoms with Gasteiger partial charge in [-0.1, -0.05) is 237 Å². The summed E-state index contributed by atoms with van der Waals surface area (Å²) >= 11 is 0. The number of rotatable bonds is 53. The van der Waals surface area contributed by atoms with Crippen molar-refractivity contribution in [1.82, 2.24) is 0 Å². The molecule has 0 heterocycles. The van der Waals surface area contributed by atoms with Crippen LogP contribution in [0.2, 0.25) is 0 Å². The number of carbonyl (C=O) groups is 3. The van der Waals surface area contributed by atoms with E-state index >= 15 is 0 Å². The maximum absolute atomic E-state index is 12.8. The second kappa shape index (κ2) is 50.9. The zero-order valence-electron chi connectivity index (χ0n) is 45.2. The fraction of sp³-hybridized carbons (Fsp3) is 0.847. The third kappa shape index (κ3) is 51.4. The molecule has 0 saturated heterocycles. The molecule has 0 rings (SSSR count). The van der Waals surface area contributed by atoms with E-state index in [-0.39, 0.29) is 32.2 Å². The van der Waals surface area contributed by atoms with Gasteiger partial charge >= 0.3 is 11.9 Å². The Morgan fingerprint density at radius 2 is 0.794 bits per heavy atom. The Kier molecular flexibility index (Phi) is 49.0. The molecule has 0 saturated carbocycles. The van der Waals surface area contributed by atoms with Crippen LogP contribution >= 0.6 is 0 Å². The molecule has 0 aliphatic carbocycles. The standard InChI is InChI=1S/C59H109NO8/c1-6-8-10-12-14-16-18-20-21-22-23-24-25-26-27-28-29-30-31-32-33-34-35-36-37-38-40-42-44-46-48-50-57(62)68-55(54-67-59(58(63)64)65-52-51-60(3,4)5)53-66-56(61)49-47-45-43-41-39-19-17-15-13-11-9-7-2/h18,20,22-23,25-26,55,59H,6-17,19,21,24,27-54H2,1-5H3/b20-18-,23-22-,26-25-. The molecule has 68 heavy (non-hydrogen) atoms. The Morgan fingerprint density at radius 1 is 0.441 bits per heavy atom. The first-order valence-electron chi connectivity index (χ1n) is 28.6. The van der Waals surface area contributed by atoms with Crippen LogP contribution in [0.1, 0.15) is 264 Å². The minimum Gasteiger partial charge on any atom is -0.545 e. The summed E-state index contributed by atoms with van der Waals surface area (Å²) in [6, 6.07) is 0. The number of carbonyl (C=O) groups excluding carboxylic acids is 3. The van der Waals surface area contributed by atoms with Gasteiger partial charge in [-0.25, -0.2) is 0 Å². The van der Waals surface area contributed by atoms with E-state index < -0.39 is 24.3 Å². The van der Waals surface area contributed by atoms with Gasteiger partial charge in [0.1, 0.15) is 13.2 Å². The van der Waals surface area contributed by atoms with Gasteiger partial charge in [0.05, 0.1) is 40.3 Å². The minimum atomic E-state index is -1.62. The maximum Gasteiger partial charge on any atom is 0.306 e. The number of hydrogen-bond acceptors (Lipinski definition) is 8. The fourth-order valence-electron chi connectivity index (χ4n) is 8.19. The van der Waals surface area contributed by atoms with E-state index in [1.807, 2.05) is 21.1 Å². The first-order chi connectivity index (χ1) is 33.1. The van der Waals surface area contributed by atoms with E-state index in [4.69, 9.17) is 18.9 Å². The van der Waals surface area contributed by atoms with E-state index in [0.717, 1.165) is 44.9 Å². The zero-order chi connectivity index (χ0) is 49.9. The van der Waals surface area contributed by atoms with E-state index in [1.54, 1.807) is 0 Å². The van der Waals surface area contributed by atoms with E-state index in [9.17, 15) is 19.5 Å². The topological polar surface area (TPSA) is 111 Å². The van der Waals surface area contributed by atoms with Crippen LogP contribution in [0.3, 0.4) is 0 Å². The van der Waals surface area contributed by atoms with Crippen LogP contribution in [0.25, 0.3) is 0 Å². The average molecular weight is 961 g/mol. The third-order valence-corrected chi connectivity index (χ3v) is 12.6. The number of carboxylic acid groups (broad SMARTS) is 1. The highest BCUT2D eigenvalue weighted by atomic mass is 16.7. The van der Waals surface area contributed by atoms with Crippen molar-refractivity contribution in [1.29, 1.82) is 0 Å². The second-order valence-electron chi connectivity index (χ2n) is 20.6. The highest BCUT2D eigenvalue weighted by Crippen LogP contribution is 2.17. The number of unbranched alkanes of at least 4 members (excludes halogenated alkanes) is 32. The Labute approximate surface area is 420 Å². The summed E-state index contributed by atoms with van der Waals surface area (Å²) < 4.78 is 22.7. The first-order valence-corrected chi connectivity index (χ1v) is 28.6. The molecule has 0 aromatic carbocycles. The van der Waals surface area contributed by atoms with Crippen molar-refractivity contribution in [2.45, 2.75) is 277 Å². The lowest BCUT2D eigenvalue weighted by atomic mass is 10.0. The lowest BCUT2D eigenvalue weighted by Crippen LogP contribution is -2.44. The number of carboxylic acids is 1. The summed E-state index contributed by atoms with van der Waals surface area (Å²) in [7, 11) is 5.92. The molecule has 0 aromatic heterocycles. The van der Waals surface area contributed by atoms with Crippen LogP contribution in [-0.4, -0.2) is 82.3 Å². The van der Waals surface area contributed by atoms with Gasteiger partial charge in [-0.05, 0) is 51.4 Å². The predicted octanol–water partition coefficient (Wildman–Crippen LogP) is 15.2. The minimum absolute atomic E-state index is 0.150. The van der Waals surface area contributed by atoms with Crippen molar-refractivity contribution in [3.63, 3.8) is 0 Å². The quantitative estimate of drug-likeness (QED) is 0.0195. The molecule has 398 valence electrons.